The highest BCUT2D eigenvalue weighted by Crippen LogP contribution is 2.29. The summed E-state index contributed by atoms with van der Waals surface area (Å²) in [6.45, 7) is 0. The highest BCUT2D eigenvalue weighted by Gasteiger charge is 2.12. The van der Waals surface area contributed by atoms with Crippen LogP contribution in [0.5, 0.6) is 5.75 Å². The topological polar surface area (TPSA) is 70.1 Å². The Bertz CT molecular complexity index is 1410. The van der Waals surface area contributed by atoms with E-state index in [1.54, 1.807) is 34.9 Å². The van der Waals surface area contributed by atoms with Crippen LogP contribution in [0.2, 0.25) is 0 Å². The summed E-state index contributed by atoms with van der Waals surface area (Å²) in [6, 6.07) is 7.63. The molecule has 0 bridgehead atoms. The second kappa shape index (κ2) is 6.77. The summed E-state index contributed by atoms with van der Waals surface area (Å²) in [4.78, 5) is 8.74. The summed E-state index contributed by atoms with van der Waals surface area (Å²) in [5.74, 6) is 7.12. The maximum absolute atomic E-state index is 5.64. The zero-order valence-corrected chi connectivity index (χ0v) is 15.9. The first kappa shape index (κ1) is 17.0. The minimum atomic E-state index is 0.700. The van der Waals surface area contributed by atoms with E-state index in [0.717, 1.165) is 38.8 Å². The fourth-order valence-electron chi connectivity index (χ4n) is 3.27. The van der Waals surface area contributed by atoms with Crippen LogP contribution in [0.4, 0.5) is 0 Å². The summed E-state index contributed by atoms with van der Waals surface area (Å²) in [6.07, 6.45) is 10.9. The molecule has 0 aliphatic heterocycles. The lowest BCUT2D eigenvalue weighted by Gasteiger charge is -2.06. The highest BCUT2D eigenvalue weighted by atomic mass is 16.5. The number of methoxy groups -OCH3 is 1. The van der Waals surface area contributed by atoms with Gasteiger partial charge in [0.25, 0.3) is 0 Å². The lowest BCUT2D eigenvalue weighted by Crippen LogP contribution is -1.94. The summed E-state index contributed by atoms with van der Waals surface area (Å²) < 4.78 is 9.19. The minimum absolute atomic E-state index is 0.700. The van der Waals surface area contributed by atoms with Crippen LogP contribution >= 0.6 is 0 Å². The average Bonchev–Trinajstić information content (AvgIpc) is 3.37. The second-order valence-electron chi connectivity index (χ2n) is 6.53. The van der Waals surface area contributed by atoms with Gasteiger partial charge in [0.2, 0.25) is 0 Å². The van der Waals surface area contributed by atoms with Gasteiger partial charge in [0, 0.05) is 43.0 Å². The van der Waals surface area contributed by atoms with Gasteiger partial charge in [-0.05, 0) is 24.3 Å². The van der Waals surface area contributed by atoms with Crippen LogP contribution in [0.1, 0.15) is 11.1 Å². The summed E-state index contributed by atoms with van der Waals surface area (Å²) in [7, 11) is 3.53. The van der Waals surface area contributed by atoms with E-state index in [0.29, 0.717) is 5.75 Å². The van der Waals surface area contributed by atoms with E-state index in [9.17, 15) is 0 Å². The Labute approximate surface area is 166 Å². The van der Waals surface area contributed by atoms with Crippen LogP contribution in [-0.2, 0) is 7.05 Å². The molecular formula is C22H16N6O. The van der Waals surface area contributed by atoms with E-state index in [1.807, 2.05) is 49.9 Å². The van der Waals surface area contributed by atoms with Gasteiger partial charge in [-0.25, -0.2) is 4.52 Å². The number of pyridine rings is 3. The van der Waals surface area contributed by atoms with Gasteiger partial charge >= 0.3 is 0 Å². The van der Waals surface area contributed by atoms with Crippen molar-refractivity contribution >= 4 is 16.6 Å². The Hall–Kier alpha value is -4.18. The molecule has 7 nitrogen and oxygen atoms in total. The van der Waals surface area contributed by atoms with E-state index in [2.05, 4.69) is 32.0 Å². The molecule has 5 aromatic heterocycles. The van der Waals surface area contributed by atoms with Gasteiger partial charge < -0.3 is 4.74 Å². The molecule has 0 unspecified atom stereocenters. The second-order valence-corrected chi connectivity index (χ2v) is 6.53. The number of ether oxygens (including phenoxy) is 1. The van der Waals surface area contributed by atoms with Gasteiger partial charge in [0.15, 0.2) is 0 Å². The standard InChI is InChI=1S/C22H16N6O/c1-27-13-18(12-25-27)17-10-20(29-2)22-16(11-26-28(22)14-17)6-5-15-7-9-23-19-4-3-8-24-21(15)19/h3-4,7-14H,1-2H3. The summed E-state index contributed by atoms with van der Waals surface area (Å²) in [5, 5.41) is 8.71. The molecule has 0 fully saturated rings. The van der Waals surface area contributed by atoms with Gasteiger partial charge in [-0.1, -0.05) is 11.8 Å². The van der Waals surface area contributed by atoms with Crippen molar-refractivity contribution in [1.29, 1.82) is 0 Å². The molecule has 29 heavy (non-hydrogen) atoms. The SMILES string of the molecule is COc1cc(-c2cnn(C)c2)cn2ncc(C#Cc3ccnc4cccnc34)c12. The molecule has 0 amide bonds. The van der Waals surface area contributed by atoms with E-state index in [1.165, 1.54) is 0 Å². The van der Waals surface area contributed by atoms with Crippen LogP contribution < -0.4 is 4.74 Å². The third-order valence-corrected chi connectivity index (χ3v) is 4.66. The zero-order valence-electron chi connectivity index (χ0n) is 15.9. The molecule has 5 aromatic rings. The van der Waals surface area contributed by atoms with Crippen LogP contribution in [0, 0.1) is 11.8 Å². The van der Waals surface area contributed by atoms with Gasteiger partial charge in [-0.2, -0.15) is 10.2 Å². The van der Waals surface area contributed by atoms with Crippen molar-refractivity contribution in [2.45, 2.75) is 0 Å². The largest absolute Gasteiger partial charge is 0.494 e. The molecule has 0 aliphatic carbocycles. The van der Waals surface area contributed by atoms with Gasteiger partial charge in [-0.3, -0.25) is 14.6 Å². The van der Waals surface area contributed by atoms with Crippen molar-refractivity contribution in [3.63, 3.8) is 0 Å². The minimum Gasteiger partial charge on any atom is -0.494 e. The smallest absolute Gasteiger partial charge is 0.146 e. The molecule has 5 heterocycles. The number of hydrogen-bond acceptors (Lipinski definition) is 5. The van der Waals surface area contributed by atoms with Crippen LogP contribution in [-0.4, -0.2) is 36.5 Å². The molecule has 0 saturated carbocycles. The average molecular weight is 380 g/mol. The molecule has 0 atom stereocenters. The zero-order chi connectivity index (χ0) is 19.8. The molecule has 140 valence electrons. The summed E-state index contributed by atoms with van der Waals surface area (Å²) >= 11 is 0. The number of nitrogens with zero attached hydrogens (tertiary/aromatic N) is 6. The monoisotopic (exact) mass is 380 g/mol. The highest BCUT2D eigenvalue weighted by molar-refractivity contribution is 5.81. The lowest BCUT2D eigenvalue weighted by atomic mass is 10.1. The third-order valence-electron chi connectivity index (χ3n) is 4.66. The quantitative estimate of drug-likeness (QED) is 0.440. The maximum Gasteiger partial charge on any atom is 0.146 e. The fraction of sp³-hybridized carbons (Fsp3) is 0.0909. The summed E-state index contributed by atoms with van der Waals surface area (Å²) in [5.41, 5.74) is 5.97. The van der Waals surface area contributed by atoms with E-state index in [-0.39, 0.29) is 0 Å². The number of rotatable bonds is 2. The number of aromatic nitrogens is 6. The lowest BCUT2D eigenvalue weighted by molar-refractivity contribution is 0.417. The van der Waals surface area contributed by atoms with Crippen LogP contribution in [0.3, 0.4) is 0 Å². The first-order valence-electron chi connectivity index (χ1n) is 8.99. The third kappa shape index (κ3) is 2.97. The molecule has 0 aliphatic rings. The van der Waals surface area contributed by atoms with Crippen molar-refractivity contribution in [1.82, 2.24) is 29.4 Å². The van der Waals surface area contributed by atoms with Gasteiger partial charge in [0.05, 0.1) is 36.1 Å². The fourth-order valence-corrected chi connectivity index (χ4v) is 3.27. The van der Waals surface area contributed by atoms with E-state index >= 15 is 0 Å². The Kier molecular flexibility index (Phi) is 3.96. The molecule has 7 heteroatoms. The van der Waals surface area contributed by atoms with Crippen LogP contribution in [0.25, 0.3) is 27.7 Å². The Morgan fingerprint density at radius 1 is 0.931 bits per heavy atom. The predicted octanol–water partition coefficient (Wildman–Crippen LogP) is 3.09. The maximum atomic E-state index is 5.64. The predicted molar refractivity (Wildman–Crippen MR) is 109 cm³/mol. The molecule has 0 aromatic carbocycles. The number of aryl methyl sites for hydroxylation is 1. The number of fused-ring (bicyclic) bond motifs is 2. The van der Waals surface area contributed by atoms with Crippen LogP contribution in [0.15, 0.2) is 61.4 Å². The van der Waals surface area contributed by atoms with E-state index in [4.69, 9.17) is 4.74 Å². The van der Waals surface area contributed by atoms with Crippen molar-refractivity contribution in [2.24, 2.45) is 7.05 Å². The van der Waals surface area contributed by atoms with Gasteiger partial charge in [0.1, 0.15) is 16.8 Å². The molecule has 0 radical (unpaired) electrons. The molecular weight excluding hydrogens is 364 g/mol. The first-order valence-corrected chi connectivity index (χ1v) is 8.99. The van der Waals surface area contributed by atoms with Crippen molar-refractivity contribution in [3.8, 4) is 28.7 Å². The Balaban J connectivity index is 1.63. The first-order chi connectivity index (χ1) is 14.2. The van der Waals surface area contributed by atoms with Crippen molar-refractivity contribution in [3.05, 3.63) is 72.6 Å². The normalized spacial score (nSPS) is 10.8. The van der Waals surface area contributed by atoms with Crippen molar-refractivity contribution in [2.75, 3.05) is 7.11 Å². The molecule has 0 saturated heterocycles. The molecule has 0 spiro atoms. The van der Waals surface area contributed by atoms with Crippen molar-refractivity contribution < 1.29 is 4.74 Å². The number of hydrogen-bond donors (Lipinski definition) is 0. The van der Waals surface area contributed by atoms with Gasteiger partial charge in [-0.15, -0.1) is 0 Å². The van der Waals surface area contributed by atoms with E-state index < -0.39 is 0 Å². The Morgan fingerprint density at radius 2 is 1.83 bits per heavy atom. The molecule has 5 rings (SSSR count). The molecule has 0 N–H and O–H groups in total. The Morgan fingerprint density at radius 3 is 2.66 bits per heavy atom.